The summed E-state index contributed by atoms with van der Waals surface area (Å²) >= 11 is 0. The number of nitrogen functional groups attached to an aromatic ring is 1. The predicted molar refractivity (Wildman–Crippen MR) is 61.7 cm³/mol. The van der Waals surface area contributed by atoms with Gasteiger partial charge >= 0.3 is 0 Å². The topological polar surface area (TPSA) is 63.0 Å². The number of anilines is 3. The van der Waals surface area contributed by atoms with Crippen LogP contribution in [0.5, 0.6) is 0 Å². The lowest BCUT2D eigenvalue weighted by atomic mass is 10.2. The van der Waals surface area contributed by atoms with Crippen LogP contribution in [0.1, 0.15) is 0 Å². The van der Waals surface area contributed by atoms with Crippen LogP contribution in [0.3, 0.4) is 0 Å². The van der Waals surface area contributed by atoms with Gasteiger partial charge in [0.05, 0.1) is 5.69 Å². The number of hydrogen-bond acceptors (Lipinski definition) is 4. The molecule has 4 N–H and O–H groups in total. The maximum atomic E-state index is 13.4. The van der Waals surface area contributed by atoms with E-state index in [0.717, 1.165) is 6.07 Å². The first kappa shape index (κ1) is 11.3. The van der Waals surface area contributed by atoms with Crippen LogP contribution in [0, 0.1) is 11.6 Å². The Labute approximate surface area is 96.4 Å². The van der Waals surface area contributed by atoms with E-state index < -0.39 is 11.6 Å². The molecule has 4 nitrogen and oxygen atoms in total. The molecule has 0 spiro atoms. The van der Waals surface area contributed by atoms with Gasteiger partial charge < -0.3 is 10.7 Å². The van der Waals surface area contributed by atoms with Crippen LogP contribution in [0.2, 0.25) is 0 Å². The summed E-state index contributed by atoms with van der Waals surface area (Å²) in [6.07, 6.45) is 1.51. The van der Waals surface area contributed by atoms with E-state index >= 15 is 0 Å². The molecule has 0 atom stereocenters. The first-order valence-electron chi connectivity index (χ1n) is 4.84. The summed E-state index contributed by atoms with van der Waals surface area (Å²) in [5, 5.41) is 2.80. The van der Waals surface area contributed by atoms with Gasteiger partial charge in [0, 0.05) is 24.0 Å². The van der Waals surface area contributed by atoms with Gasteiger partial charge in [-0.05, 0) is 18.2 Å². The van der Waals surface area contributed by atoms with Gasteiger partial charge in [-0.3, -0.25) is 0 Å². The zero-order valence-corrected chi connectivity index (χ0v) is 8.74. The Morgan fingerprint density at radius 3 is 2.65 bits per heavy atom. The first-order valence-corrected chi connectivity index (χ1v) is 4.84. The Bertz CT molecular complexity index is 531. The summed E-state index contributed by atoms with van der Waals surface area (Å²) in [5.74, 6) is 4.36. The number of aromatic nitrogens is 1. The van der Waals surface area contributed by atoms with Crippen molar-refractivity contribution in [2.45, 2.75) is 0 Å². The van der Waals surface area contributed by atoms with Crippen molar-refractivity contribution in [2.75, 3.05) is 10.7 Å². The van der Waals surface area contributed by atoms with Crippen molar-refractivity contribution < 1.29 is 8.78 Å². The number of nitrogens with zero attached hydrogens (tertiary/aromatic N) is 1. The molecule has 0 saturated heterocycles. The number of rotatable bonds is 3. The third-order valence-electron chi connectivity index (χ3n) is 2.12. The van der Waals surface area contributed by atoms with Gasteiger partial charge in [0.1, 0.15) is 17.5 Å². The highest BCUT2D eigenvalue weighted by Crippen LogP contribution is 2.21. The smallest absolute Gasteiger partial charge is 0.149 e. The molecule has 0 amide bonds. The fourth-order valence-corrected chi connectivity index (χ4v) is 1.33. The van der Waals surface area contributed by atoms with Crippen LogP contribution in [0.15, 0.2) is 36.5 Å². The van der Waals surface area contributed by atoms with Gasteiger partial charge in [-0.1, -0.05) is 0 Å². The minimum Gasteiger partial charge on any atom is -0.353 e. The van der Waals surface area contributed by atoms with E-state index in [2.05, 4.69) is 15.7 Å². The number of hydrazine groups is 1. The summed E-state index contributed by atoms with van der Waals surface area (Å²) in [7, 11) is 0. The van der Waals surface area contributed by atoms with E-state index in [9.17, 15) is 8.78 Å². The minimum atomic E-state index is -0.663. The molecule has 0 unspecified atom stereocenters. The van der Waals surface area contributed by atoms with E-state index in [1.54, 1.807) is 12.1 Å². The third kappa shape index (κ3) is 2.67. The molecule has 2 rings (SSSR count). The fraction of sp³-hybridized carbons (Fsp3) is 0. The standard InChI is InChI=1S/C11H10F2N4/c12-7-1-2-10(9(13)5-7)16-8-3-4-15-11(6-8)17-14/h1-6H,14H2,(H2,15,16,17). The van der Waals surface area contributed by atoms with Crippen molar-refractivity contribution in [1.82, 2.24) is 4.98 Å². The minimum absolute atomic E-state index is 0.181. The lowest BCUT2D eigenvalue weighted by molar-refractivity contribution is 0.586. The summed E-state index contributed by atoms with van der Waals surface area (Å²) in [6, 6.07) is 6.55. The summed E-state index contributed by atoms with van der Waals surface area (Å²) in [5.41, 5.74) is 3.15. The highest BCUT2D eigenvalue weighted by Gasteiger charge is 2.04. The van der Waals surface area contributed by atoms with Crippen molar-refractivity contribution in [3.05, 3.63) is 48.2 Å². The first-order chi connectivity index (χ1) is 8.19. The largest absolute Gasteiger partial charge is 0.353 e. The second kappa shape index (κ2) is 4.75. The van der Waals surface area contributed by atoms with Crippen LogP contribution in [0.25, 0.3) is 0 Å². The van der Waals surface area contributed by atoms with Crippen LogP contribution >= 0.6 is 0 Å². The molecule has 0 aliphatic rings. The maximum Gasteiger partial charge on any atom is 0.149 e. The fourth-order valence-electron chi connectivity index (χ4n) is 1.33. The highest BCUT2D eigenvalue weighted by molar-refractivity contribution is 5.62. The normalized spacial score (nSPS) is 10.1. The van der Waals surface area contributed by atoms with Gasteiger partial charge in [0.2, 0.25) is 0 Å². The van der Waals surface area contributed by atoms with E-state index in [4.69, 9.17) is 5.84 Å². The Morgan fingerprint density at radius 2 is 1.94 bits per heavy atom. The summed E-state index contributed by atoms with van der Waals surface area (Å²) < 4.78 is 26.1. The Hall–Kier alpha value is -2.21. The van der Waals surface area contributed by atoms with E-state index in [-0.39, 0.29) is 5.69 Å². The molecule has 0 aliphatic carbocycles. The van der Waals surface area contributed by atoms with Crippen LogP contribution < -0.4 is 16.6 Å². The van der Waals surface area contributed by atoms with E-state index in [1.807, 2.05) is 0 Å². The van der Waals surface area contributed by atoms with Crippen LogP contribution in [-0.2, 0) is 0 Å². The maximum absolute atomic E-state index is 13.4. The third-order valence-corrected chi connectivity index (χ3v) is 2.12. The Morgan fingerprint density at radius 1 is 1.12 bits per heavy atom. The molecule has 0 aliphatic heterocycles. The SMILES string of the molecule is NNc1cc(Nc2ccc(F)cc2F)ccn1. The predicted octanol–water partition coefficient (Wildman–Crippen LogP) is 2.39. The summed E-state index contributed by atoms with van der Waals surface area (Å²) in [6.45, 7) is 0. The zero-order chi connectivity index (χ0) is 12.3. The Balaban J connectivity index is 2.25. The molecule has 1 aromatic carbocycles. The molecule has 17 heavy (non-hydrogen) atoms. The molecule has 0 radical (unpaired) electrons. The molecular formula is C11H10F2N4. The number of hydrogen-bond donors (Lipinski definition) is 3. The highest BCUT2D eigenvalue weighted by atomic mass is 19.1. The van der Waals surface area contributed by atoms with Crippen molar-refractivity contribution in [1.29, 1.82) is 0 Å². The lowest BCUT2D eigenvalue weighted by Crippen LogP contribution is -2.08. The average Bonchev–Trinajstić information content (AvgIpc) is 2.33. The van der Waals surface area contributed by atoms with E-state index in [0.29, 0.717) is 11.5 Å². The molecule has 0 bridgehead atoms. The average molecular weight is 236 g/mol. The van der Waals surface area contributed by atoms with Gasteiger partial charge in [0.25, 0.3) is 0 Å². The number of halogens is 2. The van der Waals surface area contributed by atoms with Crippen LogP contribution in [0.4, 0.5) is 26.0 Å². The van der Waals surface area contributed by atoms with E-state index in [1.165, 1.54) is 18.3 Å². The molecule has 0 saturated carbocycles. The number of benzene rings is 1. The Kier molecular flexibility index (Phi) is 3.15. The monoisotopic (exact) mass is 236 g/mol. The zero-order valence-electron chi connectivity index (χ0n) is 8.74. The number of pyridine rings is 1. The molecule has 6 heteroatoms. The van der Waals surface area contributed by atoms with Crippen molar-refractivity contribution in [3.63, 3.8) is 0 Å². The van der Waals surface area contributed by atoms with Crippen molar-refractivity contribution in [3.8, 4) is 0 Å². The van der Waals surface area contributed by atoms with Crippen molar-refractivity contribution >= 4 is 17.2 Å². The van der Waals surface area contributed by atoms with Gasteiger partial charge in [-0.25, -0.2) is 19.6 Å². The molecular weight excluding hydrogens is 226 g/mol. The molecule has 1 heterocycles. The summed E-state index contributed by atoms with van der Waals surface area (Å²) in [4.78, 5) is 3.91. The second-order valence-electron chi connectivity index (χ2n) is 3.32. The van der Waals surface area contributed by atoms with Gasteiger partial charge in [-0.15, -0.1) is 0 Å². The second-order valence-corrected chi connectivity index (χ2v) is 3.32. The molecule has 1 aromatic heterocycles. The quantitative estimate of drug-likeness (QED) is 0.565. The van der Waals surface area contributed by atoms with Crippen molar-refractivity contribution in [2.24, 2.45) is 5.84 Å². The van der Waals surface area contributed by atoms with Gasteiger partial charge in [0.15, 0.2) is 0 Å². The molecule has 88 valence electrons. The molecule has 0 fully saturated rings. The molecule has 2 aromatic rings. The number of nitrogens with one attached hydrogen (secondary N) is 2. The van der Waals surface area contributed by atoms with Gasteiger partial charge in [-0.2, -0.15) is 0 Å². The lowest BCUT2D eigenvalue weighted by Gasteiger charge is -2.08. The van der Waals surface area contributed by atoms with Crippen LogP contribution in [-0.4, -0.2) is 4.98 Å². The number of nitrogens with two attached hydrogens (primary N) is 1.